The van der Waals surface area contributed by atoms with Crippen molar-refractivity contribution in [3.8, 4) is 0 Å². The molecule has 0 rings (SSSR count). The van der Waals surface area contributed by atoms with E-state index < -0.39 is 15.4 Å². The molecule has 0 aromatic carbocycles. The zero-order chi connectivity index (χ0) is 21.1. The van der Waals surface area contributed by atoms with Crippen LogP contribution in [0.3, 0.4) is 0 Å². The molecule has 0 aliphatic heterocycles. The predicted molar refractivity (Wildman–Crippen MR) is 119 cm³/mol. The summed E-state index contributed by atoms with van der Waals surface area (Å²) in [5.41, 5.74) is 0. The third-order valence-electron chi connectivity index (χ3n) is 5.72. The molecule has 0 radical (unpaired) electrons. The van der Waals surface area contributed by atoms with Crippen molar-refractivity contribution in [3.05, 3.63) is 0 Å². The van der Waals surface area contributed by atoms with Gasteiger partial charge >= 0.3 is 51.4 Å². The SMILES string of the molecule is CCCCCCCCCCCCC(CCCCCCC(O)CCC)S(=O)(=O)[O-].[K+]. The van der Waals surface area contributed by atoms with Gasteiger partial charge in [0.25, 0.3) is 0 Å². The van der Waals surface area contributed by atoms with Gasteiger partial charge in [-0.3, -0.25) is 0 Å². The summed E-state index contributed by atoms with van der Waals surface area (Å²) in [6.45, 7) is 4.30. The van der Waals surface area contributed by atoms with Crippen molar-refractivity contribution in [2.45, 2.75) is 147 Å². The van der Waals surface area contributed by atoms with Crippen molar-refractivity contribution < 1.29 is 69.5 Å². The van der Waals surface area contributed by atoms with E-state index >= 15 is 0 Å². The van der Waals surface area contributed by atoms with Gasteiger partial charge in [-0.15, -0.1) is 0 Å². The molecule has 170 valence electrons. The summed E-state index contributed by atoms with van der Waals surface area (Å²) in [5.74, 6) is 0. The fourth-order valence-electron chi connectivity index (χ4n) is 3.88. The van der Waals surface area contributed by atoms with Gasteiger partial charge in [0, 0.05) is 5.25 Å². The van der Waals surface area contributed by atoms with Crippen LogP contribution in [0.25, 0.3) is 0 Å². The van der Waals surface area contributed by atoms with E-state index in [9.17, 15) is 18.1 Å². The van der Waals surface area contributed by atoms with Gasteiger partial charge in [-0.05, 0) is 25.7 Å². The van der Waals surface area contributed by atoms with Crippen LogP contribution in [-0.2, 0) is 10.1 Å². The second-order valence-corrected chi connectivity index (χ2v) is 10.2. The van der Waals surface area contributed by atoms with Crippen molar-refractivity contribution in [1.82, 2.24) is 0 Å². The summed E-state index contributed by atoms with van der Waals surface area (Å²) in [4.78, 5) is 0. The monoisotopic (exact) mass is 458 g/mol. The average Bonchev–Trinajstić information content (AvgIpc) is 2.63. The molecule has 0 saturated carbocycles. The molecule has 2 atom stereocenters. The maximum atomic E-state index is 11.5. The van der Waals surface area contributed by atoms with Crippen LogP contribution in [0.15, 0.2) is 0 Å². The van der Waals surface area contributed by atoms with Gasteiger partial charge in [-0.2, -0.15) is 0 Å². The van der Waals surface area contributed by atoms with Crippen molar-refractivity contribution in [2.24, 2.45) is 0 Å². The fourth-order valence-corrected chi connectivity index (χ4v) is 4.79. The van der Waals surface area contributed by atoms with E-state index in [1.807, 2.05) is 0 Å². The van der Waals surface area contributed by atoms with E-state index in [1.54, 1.807) is 0 Å². The summed E-state index contributed by atoms with van der Waals surface area (Å²) in [5, 5.41) is 9.00. The molecule has 0 aromatic rings. The van der Waals surface area contributed by atoms with E-state index in [2.05, 4.69) is 13.8 Å². The smallest absolute Gasteiger partial charge is 0.748 e. The minimum atomic E-state index is -4.18. The Balaban J connectivity index is 0. The molecule has 4 nitrogen and oxygen atoms in total. The quantitative estimate of drug-likeness (QED) is 0.162. The van der Waals surface area contributed by atoms with E-state index in [4.69, 9.17) is 0 Å². The summed E-state index contributed by atoms with van der Waals surface area (Å²) in [7, 11) is -4.18. The van der Waals surface area contributed by atoms with Gasteiger partial charge in [-0.25, -0.2) is 8.42 Å². The Morgan fingerprint density at radius 2 is 1.00 bits per heavy atom. The molecule has 0 fully saturated rings. The van der Waals surface area contributed by atoms with Crippen molar-refractivity contribution >= 4 is 10.1 Å². The molecule has 0 spiro atoms. The molecule has 0 aromatic heterocycles. The van der Waals surface area contributed by atoms with Crippen LogP contribution in [0, 0.1) is 0 Å². The van der Waals surface area contributed by atoms with Gasteiger partial charge < -0.3 is 9.66 Å². The zero-order valence-corrected chi connectivity index (χ0v) is 23.6. The average molecular weight is 459 g/mol. The van der Waals surface area contributed by atoms with Gasteiger partial charge in [0.1, 0.15) is 0 Å². The Morgan fingerprint density at radius 1 is 0.621 bits per heavy atom. The summed E-state index contributed by atoms with van der Waals surface area (Å²) >= 11 is 0. The third-order valence-corrected chi connectivity index (χ3v) is 7.01. The number of rotatable bonds is 21. The van der Waals surface area contributed by atoms with Gasteiger partial charge in [0.05, 0.1) is 16.2 Å². The molecule has 0 aliphatic carbocycles. The van der Waals surface area contributed by atoms with E-state index in [0.29, 0.717) is 12.8 Å². The molecular formula is C23H47KO4S. The Kier molecular flexibility index (Phi) is 25.6. The number of unbranched alkanes of at least 4 members (excludes halogenated alkanes) is 12. The maximum absolute atomic E-state index is 11.5. The topological polar surface area (TPSA) is 77.4 Å². The molecular weight excluding hydrogens is 411 g/mol. The van der Waals surface area contributed by atoms with Crippen molar-refractivity contribution in [3.63, 3.8) is 0 Å². The summed E-state index contributed by atoms with van der Waals surface area (Å²) < 4.78 is 34.5. The van der Waals surface area contributed by atoms with Crippen molar-refractivity contribution in [2.75, 3.05) is 0 Å². The number of aliphatic hydroxyl groups is 1. The van der Waals surface area contributed by atoms with Crippen LogP contribution in [0.2, 0.25) is 0 Å². The molecule has 0 aliphatic rings. The van der Waals surface area contributed by atoms with Crippen molar-refractivity contribution in [1.29, 1.82) is 0 Å². The van der Waals surface area contributed by atoms with E-state index in [0.717, 1.165) is 64.2 Å². The Labute approximate surface area is 224 Å². The second-order valence-electron chi connectivity index (χ2n) is 8.52. The molecule has 0 heterocycles. The third kappa shape index (κ3) is 22.5. The minimum Gasteiger partial charge on any atom is -0.748 e. The summed E-state index contributed by atoms with van der Waals surface area (Å²) in [6.07, 6.45) is 19.4. The van der Waals surface area contributed by atoms with Gasteiger partial charge in [0.15, 0.2) is 0 Å². The Morgan fingerprint density at radius 3 is 1.38 bits per heavy atom. The predicted octanol–water partition coefficient (Wildman–Crippen LogP) is 3.72. The number of aliphatic hydroxyl groups excluding tert-OH is 1. The van der Waals surface area contributed by atoms with E-state index in [-0.39, 0.29) is 57.5 Å². The van der Waals surface area contributed by atoms with Crippen LogP contribution in [0.1, 0.15) is 136 Å². The maximum Gasteiger partial charge on any atom is 1.00 e. The first kappa shape index (κ1) is 32.7. The first-order valence-corrected chi connectivity index (χ1v) is 13.5. The fraction of sp³-hybridized carbons (Fsp3) is 1.00. The van der Waals surface area contributed by atoms with Crippen LogP contribution in [0.4, 0.5) is 0 Å². The number of hydrogen-bond donors (Lipinski definition) is 1. The van der Waals surface area contributed by atoms with Crippen LogP contribution in [-0.4, -0.2) is 29.4 Å². The first-order chi connectivity index (χ1) is 13.4. The first-order valence-electron chi connectivity index (χ1n) is 12.0. The van der Waals surface area contributed by atoms with Crippen LogP contribution < -0.4 is 51.4 Å². The minimum absolute atomic E-state index is 0. The number of hydrogen-bond acceptors (Lipinski definition) is 4. The van der Waals surface area contributed by atoms with Crippen LogP contribution in [0.5, 0.6) is 0 Å². The Bertz CT molecular complexity index is 429. The molecule has 0 bridgehead atoms. The molecule has 6 heteroatoms. The zero-order valence-electron chi connectivity index (χ0n) is 19.7. The molecule has 2 unspecified atom stereocenters. The van der Waals surface area contributed by atoms with Crippen LogP contribution >= 0.6 is 0 Å². The molecule has 0 amide bonds. The standard InChI is InChI=1S/C23H48O4S.K/c1-3-5-6-7-8-9-10-11-12-16-20-23(28(25,26)27)21-17-14-13-15-19-22(24)18-4-2;/h22-24H,3-21H2,1-2H3,(H,25,26,27);/q;+1/p-1. The van der Waals surface area contributed by atoms with Gasteiger partial charge in [0.2, 0.25) is 0 Å². The van der Waals surface area contributed by atoms with E-state index in [1.165, 1.54) is 44.9 Å². The molecule has 1 N–H and O–H groups in total. The Hall–Kier alpha value is 1.51. The normalized spacial score (nSPS) is 13.8. The summed E-state index contributed by atoms with van der Waals surface area (Å²) in [6, 6.07) is 0. The second kappa shape index (κ2) is 22.7. The molecule has 0 saturated heterocycles. The largest absolute Gasteiger partial charge is 1.00 e. The molecule has 29 heavy (non-hydrogen) atoms. The van der Waals surface area contributed by atoms with Gasteiger partial charge in [-0.1, -0.05) is 110 Å².